The number of anilines is 1. The van der Waals surface area contributed by atoms with Crippen molar-refractivity contribution in [3.63, 3.8) is 0 Å². The maximum Gasteiger partial charge on any atom is 0.244 e. The van der Waals surface area contributed by atoms with E-state index >= 15 is 0 Å². The third-order valence-corrected chi connectivity index (χ3v) is 6.94. The zero-order valence-corrected chi connectivity index (χ0v) is 21.8. The van der Waals surface area contributed by atoms with Gasteiger partial charge >= 0.3 is 0 Å². The fourth-order valence-electron chi connectivity index (χ4n) is 3.09. The fourth-order valence-corrected chi connectivity index (χ4v) is 4.76. The van der Waals surface area contributed by atoms with Crippen LogP contribution >= 0.6 is 34.8 Å². The summed E-state index contributed by atoms with van der Waals surface area (Å²) in [6.45, 7) is 4.49. The number of para-hydroxylation sites is 1. The summed E-state index contributed by atoms with van der Waals surface area (Å²) in [6, 6.07) is 10.1. The van der Waals surface area contributed by atoms with Crippen LogP contribution in [0.1, 0.15) is 26.3 Å². The van der Waals surface area contributed by atoms with Crippen molar-refractivity contribution >= 4 is 62.3 Å². The second-order valence-corrected chi connectivity index (χ2v) is 10.9. The van der Waals surface area contributed by atoms with Crippen LogP contribution in [-0.4, -0.2) is 50.0 Å². The van der Waals surface area contributed by atoms with E-state index in [1.165, 1.54) is 17.0 Å². The Bertz CT molecular complexity index is 1110. The third-order valence-electron chi connectivity index (χ3n) is 4.79. The zero-order chi connectivity index (χ0) is 24.9. The van der Waals surface area contributed by atoms with Crippen LogP contribution in [0.4, 0.5) is 5.69 Å². The van der Waals surface area contributed by atoms with E-state index in [1.54, 1.807) is 51.1 Å². The lowest BCUT2D eigenvalue weighted by Crippen LogP contribution is -2.52. The lowest BCUT2D eigenvalue weighted by Gasteiger charge is -2.32. The van der Waals surface area contributed by atoms with Crippen LogP contribution in [0.5, 0.6) is 0 Å². The van der Waals surface area contributed by atoms with Crippen LogP contribution in [0.3, 0.4) is 0 Å². The average Bonchev–Trinajstić information content (AvgIpc) is 2.70. The maximum absolute atomic E-state index is 13.5. The van der Waals surface area contributed by atoms with Gasteiger partial charge in [-0.2, -0.15) is 0 Å². The lowest BCUT2D eigenvalue weighted by atomic mass is 10.1. The highest BCUT2D eigenvalue weighted by Crippen LogP contribution is 2.29. The summed E-state index contributed by atoms with van der Waals surface area (Å²) >= 11 is 18.8. The van der Waals surface area contributed by atoms with Gasteiger partial charge in [0.15, 0.2) is 0 Å². The molecule has 0 fully saturated rings. The number of halogens is 3. The van der Waals surface area contributed by atoms with Gasteiger partial charge in [0.1, 0.15) is 12.6 Å². The molecule has 0 aromatic heterocycles. The van der Waals surface area contributed by atoms with Gasteiger partial charge < -0.3 is 10.2 Å². The van der Waals surface area contributed by atoms with Gasteiger partial charge in [-0.3, -0.25) is 13.9 Å². The van der Waals surface area contributed by atoms with Gasteiger partial charge in [0, 0.05) is 28.2 Å². The molecule has 2 aromatic rings. The summed E-state index contributed by atoms with van der Waals surface area (Å²) in [4.78, 5) is 27.4. The second-order valence-electron chi connectivity index (χ2n) is 7.78. The monoisotopic (exact) mass is 533 g/mol. The Kier molecular flexibility index (Phi) is 9.43. The van der Waals surface area contributed by atoms with Crippen molar-refractivity contribution in [2.75, 3.05) is 17.1 Å². The molecule has 0 aliphatic carbocycles. The number of hydrogen-bond acceptors (Lipinski definition) is 4. The number of carbonyl (C=O) groups is 2. The molecule has 0 spiro atoms. The molecule has 0 radical (unpaired) electrons. The Balaban J connectivity index is 2.47. The normalized spacial score (nSPS) is 12.4. The van der Waals surface area contributed by atoms with Gasteiger partial charge in [-0.25, -0.2) is 8.42 Å². The SMILES string of the molecule is CC(C)NC(=O)[C@H](C)N(Cc1c(Cl)cccc1Cl)C(=O)CN(c1ccccc1Cl)S(C)(=O)=O. The fraction of sp³-hybridized carbons (Fsp3) is 0.364. The molecule has 2 amide bonds. The van der Waals surface area contributed by atoms with Crippen molar-refractivity contribution in [3.8, 4) is 0 Å². The molecule has 0 unspecified atom stereocenters. The largest absolute Gasteiger partial charge is 0.352 e. The second kappa shape index (κ2) is 11.4. The highest BCUT2D eigenvalue weighted by molar-refractivity contribution is 7.92. The van der Waals surface area contributed by atoms with Crippen molar-refractivity contribution in [2.24, 2.45) is 0 Å². The minimum Gasteiger partial charge on any atom is -0.352 e. The molecule has 7 nitrogen and oxygen atoms in total. The lowest BCUT2D eigenvalue weighted by molar-refractivity contribution is -0.139. The molecule has 0 aliphatic rings. The summed E-state index contributed by atoms with van der Waals surface area (Å²) in [6.07, 6.45) is 0.980. The van der Waals surface area contributed by atoms with Crippen LogP contribution < -0.4 is 9.62 Å². The Hall–Kier alpha value is -2.00. The van der Waals surface area contributed by atoms with Crippen molar-refractivity contribution in [2.45, 2.75) is 39.4 Å². The number of rotatable bonds is 9. The van der Waals surface area contributed by atoms with E-state index < -0.39 is 34.4 Å². The van der Waals surface area contributed by atoms with Gasteiger partial charge in [0.05, 0.1) is 17.0 Å². The quantitative estimate of drug-likeness (QED) is 0.518. The van der Waals surface area contributed by atoms with E-state index in [-0.39, 0.29) is 23.3 Å². The van der Waals surface area contributed by atoms with Crippen molar-refractivity contribution < 1.29 is 18.0 Å². The molecule has 0 saturated carbocycles. The highest BCUT2D eigenvalue weighted by atomic mass is 35.5. The van der Waals surface area contributed by atoms with Crippen LogP contribution in [-0.2, 0) is 26.2 Å². The smallest absolute Gasteiger partial charge is 0.244 e. The molecule has 0 saturated heterocycles. The van der Waals surface area contributed by atoms with E-state index in [2.05, 4.69) is 5.32 Å². The molecule has 11 heteroatoms. The van der Waals surface area contributed by atoms with Crippen molar-refractivity contribution in [1.82, 2.24) is 10.2 Å². The Labute approximate surface area is 209 Å². The first-order valence-corrected chi connectivity index (χ1v) is 13.1. The van der Waals surface area contributed by atoms with Gasteiger partial charge in [0.25, 0.3) is 0 Å². The molecule has 2 rings (SSSR count). The Morgan fingerprint density at radius 2 is 1.48 bits per heavy atom. The number of carbonyl (C=O) groups excluding carboxylic acids is 2. The first kappa shape index (κ1) is 27.2. The number of amides is 2. The molecule has 33 heavy (non-hydrogen) atoms. The van der Waals surface area contributed by atoms with Crippen LogP contribution in [0, 0.1) is 0 Å². The molecule has 180 valence electrons. The molecule has 1 atom stereocenters. The molecule has 0 aliphatic heterocycles. The summed E-state index contributed by atoms with van der Waals surface area (Å²) in [7, 11) is -3.87. The first-order chi connectivity index (χ1) is 15.3. The van der Waals surface area contributed by atoms with Crippen molar-refractivity contribution in [1.29, 1.82) is 0 Å². The summed E-state index contributed by atoms with van der Waals surface area (Å²) in [5.74, 6) is -1.02. The van der Waals surface area contributed by atoms with E-state index in [0.717, 1.165) is 10.6 Å². The van der Waals surface area contributed by atoms with Crippen LogP contribution in [0.15, 0.2) is 42.5 Å². The molecule has 0 heterocycles. The zero-order valence-electron chi connectivity index (χ0n) is 18.7. The number of nitrogens with one attached hydrogen (secondary N) is 1. The minimum atomic E-state index is -3.87. The maximum atomic E-state index is 13.5. The molecule has 0 bridgehead atoms. The average molecular weight is 535 g/mol. The Morgan fingerprint density at radius 3 is 2.00 bits per heavy atom. The highest BCUT2D eigenvalue weighted by Gasteiger charge is 2.31. The first-order valence-electron chi connectivity index (χ1n) is 10.1. The van der Waals surface area contributed by atoms with E-state index in [4.69, 9.17) is 34.8 Å². The predicted octanol–water partition coefficient (Wildman–Crippen LogP) is 4.35. The molecular weight excluding hydrogens is 509 g/mol. The standard InChI is InChI=1S/C22H26Cl3N3O4S/c1-14(2)26-22(30)15(3)27(12-16-17(23)9-7-10-18(16)24)21(29)13-28(33(4,31)32)20-11-6-5-8-19(20)25/h5-11,14-15H,12-13H2,1-4H3,(H,26,30)/t15-/m0/s1. The molecule has 2 aromatic carbocycles. The van der Waals surface area contributed by atoms with Gasteiger partial charge in [0.2, 0.25) is 21.8 Å². The van der Waals surface area contributed by atoms with Gasteiger partial charge in [-0.05, 0) is 45.0 Å². The summed E-state index contributed by atoms with van der Waals surface area (Å²) < 4.78 is 26.0. The molecular formula is C22H26Cl3N3O4S. The van der Waals surface area contributed by atoms with Gasteiger partial charge in [-0.15, -0.1) is 0 Å². The Morgan fingerprint density at radius 1 is 0.939 bits per heavy atom. The van der Waals surface area contributed by atoms with E-state index in [1.807, 2.05) is 0 Å². The summed E-state index contributed by atoms with van der Waals surface area (Å²) in [5, 5.41) is 3.58. The van der Waals surface area contributed by atoms with E-state index in [9.17, 15) is 18.0 Å². The van der Waals surface area contributed by atoms with Crippen LogP contribution in [0.25, 0.3) is 0 Å². The van der Waals surface area contributed by atoms with Gasteiger partial charge in [-0.1, -0.05) is 53.0 Å². The summed E-state index contributed by atoms with van der Waals surface area (Å²) in [5.41, 5.74) is 0.604. The number of sulfonamides is 1. The third kappa shape index (κ3) is 7.24. The number of hydrogen-bond donors (Lipinski definition) is 1. The van der Waals surface area contributed by atoms with Crippen LogP contribution in [0.2, 0.25) is 15.1 Å². The molecule has 1 N–H and O–H groups in total. The van der Waals surface area contributed by atoms with E-state index in [0.29, 0.717) is 15.6 Å². The number of benzene rings is 2. The minimum absolute atomic E-state index is 0.0931. The van der Waals surface area contributed by atoms with Crippen molar-refractivity contribution in [3.05, 3.63) is 63.1 Å². The predicted molar refractivity (Wildman–Crippen MR) is 133 cm³/mol. The number of nitrogens with zero attached hydrogens (tertiary/aromatic N) is 2. The topological polar surface area (TPSA) is 86.8 Å².